The zero-order valence-electron chi connectivity index (χ0n) is 11.2. The number of likely N-dealkylation sites (N-methyl/N-ethyl adjacent to an activating group) is 1. The average molecular weight is 227 g/mol. The molecule has 3 nitrogen and oxygen atoms in total. The molecule has 1 aliphatic rings. The normalized spacial score (nSPS) is 30.6. The first-order chi connectivity index (χ1) is 7.28. The van der Waals surface area contributed by atoms with Crippen LogP contribution in [-0.4, -0.2) is 35.1 Å². The summed E-state index contributed by atoms with van der Waals surface area (Å²) in [6.45, 7) is 8.74. The van der Waals surface area contributed by atoms with Crippen LogP contribution < -0.4 is 0 Å². The number of aliphatic carboxylic acids is 1. The summed E-state index contributed by atoms with van der Waals surface area (Å²) in [7, 11) is 1.96. The lowest BCUT2D eigenvalue weighted by molar-refractivity contribution is -0.144. The third-order valence-corrected chi connectivity index (χ3v) is 3.98. The molecule has 1 rings (SSSR count). The van der Waals surface area contributed by atoms with Crippen molar-refractivity contribution in [1.82, 2.24) is 4.90 Å². The number of carbonyl (C=O) groups is 1. The van der Waals surface area contributed by atoms with Crippen molar-refractivity contribution in [2.24, 2.45) is 11.3 Å². The Morgan fingerprint density at radius 1 is 1.50 bits per heavy atom. The van der Waals surface area contributed by atoms with Crippen molar-refractivity contribution in [3.8, 4) is 0 Å². The minimum atomic E-state index is -0.693. The summed E-state index contributed by atoms with van der Waals surface area (Å²) in [5.41, 5.74) is 0.356. The van der Waals surface area contributed by atoms with Crippen LogP contribution in [0, 0.1) is 11.3 Å². The minimum absolute atomic E-state index is 0.332. The van der Waals surface area contributed by atoms with Crippen molar-refractivity contribution in [2.75, 3.05) is 7.05 Å². The predicted molar refractivity (Wildman–Crippen MR) is 65.4 cm³/mol. The molecule has 0 aliphatic heterocycles. The molecule has 3 heteroatoms. The summed E-state index contributed by atoms with van der Waals surface area (Å²) in [6.07, 6.45) is 2.97. The van der Waals surface area contributed by atoms with E-state index in [0.717, 1.165) is 6.42 Å². The second kappa shape index (κ2) is 4.74. The molecule has 0 aromatic heterocycles. The maximum Gasteiger partial charge on any atom is 0.320 e. The number of hydrogen-bond donors (Lipinski definition) is 1. The zero-order chi connectivity index (χ0) is 12.5. The van der Waals surface area contributed by atoms with Crippen LogP contribution in [0.3, 0.4) is 0 Å². The van der Waals surface area contributed by atoms with E-state index in [1.165, 1.54) is 6.42 Å². The van der Waals surface area contributed by atoms with Crippen molar-refractivity contribution in [3.63, 3.8) is 0 Å². The molecule has 1 saturated carbocycles. The average Bonchev–Trinajstić information content (AvgIpc) is 2.40. The lowest BCUT2D eigenvalue weighted by Gasteiger charge is -2.32. The molecule has 0 aromatic rings. The van der Waals surface area contributed by atoms with E-state index in [4.69, 9.17) is 0 Å². The maximum absolute atomic E-state index is 11.2. The van der Waals surface area contributed by atoms with E-state index >= 15 is 0 Å². The fourth-order valence-corrected chi connectivity index (χ4v) is 3.27. The zero-order valence-corrected chi connectivity index (χ0v) is 11.2. The van der Waals surface area contributed by atoms with Crippen molar-refractivity contribution >= 4 is 5.97 Å². The Hall–Kier alpha value is -0.570. The van der Waals surface area contributed by atoms with Crippen LogP contribution >= 0.6 is 0 Å². The second-order valence-corrected chi connectivity index (χ2v) is 6.04. The van der Waals surface area contributed by atoms with Crippen LogP contribution in [0.25, 0.3) is 0 Å². The molecular weight excluding hydrogens is 202 g/mol. The highest BCUT2D eigenvalue weighted by Gasteiger charge is 2.41. The van der Waals surface area contributed by atoms with Gasteiger partial charge in [0.15, 0.2) is 0 Å². The van der Waals surface area contributed by atoms with Crippen molar-refractivity contribution in [2.45, 2.75) is 59.0 Å². The molecule has 0 heterocycles. The van der Waals surface area contributed by atoms with Gasteiger partial charge in [0.1, 0.15) is 6.04 Å². The monoisotopic (exact) mass is 227 g/mol. The Labute approximate surface area is 98.8 Å². The van der Waals surface area contributed by atoms with Crippen LogP contribution in [0.5, 0.6) is 0 Å². The Balaban J connectivity index is 2.74. The van der Waals surface area contributed by atoms with Gasteiger partial charge in [-0.15, -0.1) is 0 Å². The van der Waals surface area contributed by atoms with Crippen LogP contribution in [0.1, 0.15) is 47.0 Å². The van der Waals surface area contributed by atoms with Gasteiger partial charge in [0.05, 0.1) is 0 Å². The van der Waals surface area contributed by atoms with Crippen molar-refractivity contribution < 1.29 is 9.90 Å². The van der Waals surface area contributed by atoms with Crippen LogP contribution in [-0.2, 0) is 4.79 Å². The fourth-order valence-electron chi connectivity index (χ4n) is 3.27. The standard InChI is InChI=1S/C13H25NO2/c1-6-10(12(15)16)14(5)11-8-13(3,4)7-9(11)2/h9-11H,6-8H2,1-5H3,(H,15,16). The molecule has 16 heavy (non-hydrogen) atoms. The Morgan fingerprint density at radius 3 is 2.38 bits per heavy atom. The van der Waals surface area contributed by atoms with E-state index in [0.29, 0.717) is 23.8 Å². The smallest absolute Gasteiger partial charge is 0.320 e. The van der Waals surface area contributed by atoms with E-state index in [9.17, 15) is 9.90 Å². The van der Waals surface area contributed by atoms with E-state index in [1.54, 1.807) is 0 Å². The van der Waals surface area contributed by atoms with Crippen molar-refractivity contribution in [3.05, 3.63) is 0 Å². The Morgan fingerprint density at radius 2 is 2.06 bits per heavy atom. The van der Waals surface area contributed by atoms with Crippen molar-refractivity contribution in [1.29, 1.82) is 0 Å². The molecule has 3 unspecified atom stereocenters. The van der Waals surface area contributed by atoms with Gasteiger partial charge in [0, 0.05) is 6.04 Å². The third kappa shape index (κ3) is 2.76. The van der Waals surface area contributed by atoms with Crippen LogP contribution in [0.2, 0.25) is 0 Å². The SMILES string of the molecule is CCC(C(=O)O)N(C)C1CC(C)(C)CC1C. The number of carboxylic acids is 1. The fraction of sp³-hybridized carbons (Fsp3) is 0.923. The molecule has 0 bridgehead atoms. The molecule has 0 aromatic carbocycles. The van der Waals surface area contributed by atoms with Gasteiger partial charge in [-0.05, 0) is 37.6 Å². The summed E-state index contributed by atoms with van der Waals surface area (Å²) in [4.78, 5) is 13.2. The number of carboxylic acid groups (broad SMARTS) is 1. The molecule has 3 atom stereocenters. The number of rotatable bonds is 4. The van der Waals surface area contributed by atoms with Gasteiger partial charge >= 0.3 is 5.97 Å². The van der Waals surface area contributed by atoms with Gasteiger partial charge in [0.25, 0.3) is 0 Å². The predicted octanol–water partition coefficient (Wildman–Crippen LogP) is 2.61. The van der Waals surface area contributed by atoms with E-state index in [-0.39, 0.29) is 6.04 Å². The quantitative estimate of drug-likeness (QED) is 0.802. The number of hydrogen-bond acceptors (Lipinski definition) is 2. The summed E-state index contributed by atoms with van der Waals surface area (Å²) < 4.78 is 0. The molecule has 1 aliphatic carbocycles. The Kier molecular flexibility index (Phi) is 4.00. The summed E-state index contributed by atoms with van der Waals surface area (Å²) in [5.74, 6) is -0.102. The van der Waals surface area contributed by atoms with Gasteiger partial charge < -0.3 is 5.11 Å². The maximum atomic E-state index is 11.2. The van der Waals surface area contributed by atoms with Crippen LogP contribution in [0.15, 0.2) is 0 Å². The third-order valence-electron chi connectivity index (χ3n) is 3.98. The Bertz CT molecular complexity index is 263. The molecule has 0 spiro atoms. The highest BCUT2D eigenvalue weighted by molar-refractivity contribution is 5.73. The largest absolute Gasteiger partial charge is 0.480 e. The molecule has 0 radical (unpaired) electrons. The molecule has 1 fully saturated rings. The van der Waals surface area contributed by atoms with E-state index in [1.807, 2.05) is 14.0 Å². The minimum Gasteiger partial charge on any atom is -0.480 e. The van der Waals surface area contributed by atoms with E-state index < -0.39 is 5.97 Å². The van der Waals surface area contributed by atoms with Gasteiger partial charge in [0.2, 0.25) is 0 Å². The summed E-state index contributed by atoms with van der Waals surface area (Å²) in [6, 6.07) is 0.0809. The van der Waals surface area contributed by atoms with Gasteiger partial charge in [-0.25, -0.2) is 0 Å². The van der Waals surface area contributed by atoms with E-state index in [2.05, 4.69) is 25.7 Å². The first-order valence-corrected chi connectivity index (χ1v) is 6.23. The first-order valence-electron chi connectivity index (χ1n) is 6.23. The van der Waals surface area contributed by atoms with Crippen LogP contribution in [0.4, 0.5) is 0 Å². The molecule has 94 valence electrons. The van der Waals surface area contributed by atoms with Gasteiger partial charge in [-0.3, -0.25) is 9.69 Å². The molecule has 1 N–H and O–H groups in total. The lowest BCUT2D eigenvalue weighted by Crippen LogP contribution is -2.45. The second-order valence-electron chi connectivity index (χ2n) is 6.04. The summed E-state index contributed by atoms with van der Waals surface area (Å²) >= 11 is 0. The molecule has 0 saturated heterocycles. The highest BCUT2D eigenvalue weighted by atomic mass is 16.4. The van der Waals surface area contributed by atoms with Gasteiger partial charge in [-0.2, -0.15) is 0 Å². The first kappa shape index (κ1) is 13.5. The highest BCUT2D eigenvalue weighted by Crippen LogP contribution is 2.43. The summed E-state index contributed by atoms with van der Waals surface area (Å²) in [5, 5.41) is 9.18. The van der Waals surface area contributed by atoms with Gasteiger partial charge in [-0.1, -0.05) is 27.7 Å². The lowest BCUT2D eigenvalue weighted by atomic mass is 9.91. The topological polar surface area (TPSA) is 40.5 Å². The molecule has 0 amide bonds. The number of nitrogens with zero attached hydrogens (tertiary/aromatic N) is 1. The molecular formula is C13H25NO2.